The first-order valence-electron chi connectivity index (χ1n) is 11.1. The Balaban J connectivity index is 2.46. The molecule has 0 amide bonds. The van der Waals surface area contributed by atoms with Gasteiger partial charge in [0.1, 0.15) is 23.4 Å². The Hall–Kier alpha value is -3.54. The van der Waals surface area contributed by atoms with Crippen LogP contribution in [0.2, 0.25) is 0 Å². The van der Waals surface area contributed by atoms with Crippen molar-refractivity contribution < 1.29 is 28.7 Å². The molecule has 0 saturated carbocycles. The standard InChI is InChI=1S/C27H28O6/c1-5-32-26(30)22(16(3)28)25(23(17(4)29)27(31)33-6-2)24-20-13-9-7-11-18(20)15-19-12-8-10-14-21(19)24/h7-15,22-23,25H,5-6H2,1-4H3/t22-,23-/m0/s1. The van der Waals surface area contributed by atoms with Gasteiger partial charge >= 0.3 is 11.9 Å². The minimum atomic E-state index is -1.35. The molecule has 0 heterocycles. The number of ether oxygens (including phenoxy) is 2. The molecule has 0 aliphatic rings. The largest absolute Gasteiger partial charge is 0.465 e. The summed E-state index contributed by atoms with van der Waals surface area (Å²) in [5.74, 6) is -6.27. The minimum Gasteiger partial charge on any atom is -0.465 e. The van der Waals surface area contributed by atoms with Crippen LogP contribution in [0.1, 0.15) is 39.2 Å². The Morgan fingerprint density at radius 3 is 1.45 bits per heavy atom. The van der Waals surface area contributed by atoms with Gasteiger partial charge in [-0.2, -0.15) is 0 Å². The summed E-state index contributed by atoms with van der Waals surface area (Å²) in [5, 5.41) is 3.25. The van der Waals surface area contributed by atoms with E-state index in [0.717, 1.165) is 21.5 Å². The lowest BCUT2D eigenvalue weighted by Gasteiger charge is -2.31. The van der Waals surface area contributed by atoms with Gasteiger partial charge < -0.3 is 9.47 Å². The smallest absolute Gasteiger partial charge is 0.317 e. The predicted octanol–water partition coefficient (Wildman–Crippen LogP) is 4.61. The maximum atomic E-state index is 13.1. The third-order valence-corrected chi connectivity index (χ3v) is 5.82. The highest BCUT2D eigenvalue weighted by molar-refractivity contribution is 6.09. The molecule has 0 radical (unpaired) electrons. The molecule has 0 bridgehead atoms. The quantitative estimate of drug-likeness (QED) is 0.270. The van der Waals surface area contributed by atoms with Gasteiger partial charge in [-0.15, -0.1) is 0 Å². The first kappa shape index (κ1) is 24.1. The highest BCUT2D eigenvalue weighted by atomic mass is 16.5. The minimum absolute atomic E-state index is 0.0652. The number of carbonyl (C=O) groups is 4. The molecular formula is C27H28O6. The van der Waals surface area contributed by atoms with Crippen LogP contribution in [-0.4, -0.2) is 36.7 Å². The number of carbonyl (C=O) groups excluding carboxylic acids is 4. The number of Topliss-reactive ketones (excluding diaryl/α,β-unsaturated/α-hetero) is 2. The molecule has 6 heteroatoms. The van der Waals surface area contributed by atoms with Gasteiger partial charge in [0, 0.05) is 5.92 Å². The zero-order valence-electron chi connectivity index (χ0n) is 19.3. The number of hydrogen-bond donors (Lipinski definition) is 0. The predicted molar refractivity (Wildman–Crippen MR) is 126 cm³/mol. The van der Waals surface area contributed by atoms with E-state index in [1.54, 1.807) is 13.8 Å². The molecule has 0 N–H and O–H groups in total. The van der Waals surface area contributed by atoms with E-state index in [-0.39, 0.29) is 13.2 Å². The molecule has 33 heavy (non-hydrogen) atoms. The Morgan fingerprint density at radius 1 is 0.697 bits per heavy atom. The molecule has 0 aliphatic heterocycles. The lowest BCUT2D eigenvalue weighted by Crippen LogP contribution is -2.40. The van der Waals surface area contributed by atoms with Crippen LogP contribution in [0.15, 0.2) is 54.6 Å². The van der Waals surface area contributed by atoms with Crippen LogP contribution in [0.3, 0.4) is 0 Å². The molecule has 0 saturated heterocycles. The highest BCUT2D eigenvalue weighted by Crippen LogP contribution is 2.43. The van der Waals surface area contributed by atoms with E-state index in [2.05, 4.69) is 0 Å². The van der Waals surface area contributed by atoms with Crippen LogP contribution >= 0.6 is 0 Å². The Labute approximate surface area is 192 Å². The fourth-order valence-electron chi connectivity index (χ4n) is 4.53. The fourth-order valence-corrected chi connectivity index (χ4v) is 4.53. The normalized spacial score (nSPS) is 13.0. The second-order valence-corrected chi connectivity index (χ2v) is 7.94. The van der Waals surface area contributed by atoms with E-state index in [0.29, 0.717) is 5.56 Å². The van der Waals surface area contributed by atoms with Gasteiger partial charge in [0.25, 0.3) is 0 Å². The van der Waals surface area contributed by atoms with Crippen molar-refractivity contribution in [3.8, 4) is 0 Å². The van der Waals surface area contributed by atoms with E-state index in [1.165, 1.54) is 13.8 Å². The average Bonchev–Trinajstić information content (AvgIpc) is 2.77. The average molecular weight is 449 g/mol. The number of esters is 2. The second kappa shape index (κ2) is 10.4. The maximum absolute atomic E-state index is 13.1. The Bertz CT molecular complexity index is 1120. The zero-order chi connectivity index (χ0) is 24.1. The molecule has 3 aromatic carbocycles. The van der Waals surface area contributed by atoms with Crippen LogP contribution in [0.4, 0.5) is 0 Å². The molecule has 0 spiro atoms. The van der Waals surface area contributed by atoms with Crippen LogP contribution in [0, 0.1) is 11.8 Å². The monoisotopic (exact) mass is 448 g/mol. The lowest BCUT2D eigenvalue weighted by molar-refractivity contribution is -0.157. The van der Waals surface area contributed by atoms with Gasteiger partial charge in [-0.1, -0.05) is 48.5 Å². The van der Waals surface area contributed by atoms with Crippen LogP contribution < -0.4 is 0 Å². The van der Waals surface area contributed by atoms with Gasteiger partial charge in [-0.05, 0) is 60.9 Å². The maximum Gasteiger partial charge on any atom is 0.317 e. The van der Waals surface area contributed by atoms with Crippen molar-refractivity contribution in [2.24, 2.45) is 11.8 Å². The molecule has 0 aromatic heterocycles. The number of benzene rings is 3. The van der Waals surface area contributed by atoms with Crippen molar-refractivity contribution in [3.05, 3.63) is 60.2 Å². The van der Waals surface area contributed by atoms with Crippen molar-refractivity contribution in [2.45, 2.75) is 33.6 Å². The summed E-state index contributed by atoms with van der Waals surface area (Å²) >= 11 is 0. The SMILES string of the molecule is CCOC(=O)[C@@H](C(C)=O)C(c1c2ccccc2cc2ccccc12)[C@H](C(C)=O)C(=O)OCC. The molecule has 3 aromatic rings. The number of rotatable bonds is 9. The zero-order valence-corrected chi connectivity index (χ0v) is 19.3. The summed E-state index contributed by atoms with van der Waals surface area (Å²) in [5.41, 5.74) is 0.588. The summed E-state index contributed by atoms with van der Waals surface area (Å²) in [7, 11) is 0. The topological polar surface area (TPSA) is 86.7 Å². The molecule has 172 valence electrons. The van der Waals surface area contributed by atoms with E-state index in [4.69, 9.17) is 9.47 Å². The second-order valence-electron chi connectivity index (χ2n) is 7.94. The van der Waals surface area contributed by atoms with Gasteiger partial charge in [-0.3, -0.25) is 19.2 Å². The van der Waals surface area contributed by atoms with Crippen molar-refractivity contribution in [1.82, 2.24) is 0 Å². The Morgan fingerprint density at radius 2 is 1.09 bits per heavy atom. The first-order valence-corrected chi connectivity index (χ1v) is 11.1. The lowest BCUT2D eigenvalue weighted by atomic mass is 9.71. The molecule has 0 unspecified atom stereocenters. The summed E-state index contributed by atoms with van der Waals surface area (Å²) in [6, 6.07) is 17.0. The molecule has 0 aliphatic carbocycles. The van der Waals surface area contributed by atoms with Gasteiger partial charge in [0.2, 0.25) is 0 Å². The summed E-state index contributed by atoms with van der Waals surface area (Å²) in [6.07, 6.45) is 0. The van der Waals surface area contributed by atoms with E-state index in [9.17, 15) is 19.2 Å². The highest BCUT2D eigenvalue weighted by Gasteiger charge is 2.46. The fraction of sp³-hybridized carbons (Fsp3) is 0.333. The first-order chi connectivity index (χ1) is 15.8. The van der Waals surface area contributed by atoms with Crippen molar-refractivity contribution >= 4 is 45.0 Å². The third-order valence-electron chi connectivity index (χ3n) is 5.82. The molecule has 6 nitrogen and oxygen atoms in total. The van der Waals surface area contributed by atoms with Crippen molar-refractivity contribution in [2.75, 3.05) is 13.2 Å². The number of fused-ring (bicyclic) bond motifs is 2. The van der Waals surface area contributed by atoms with E-state index in [1.807, 2.05) is 54.6 Å². The third kappa shape index (κ3) is 4.80. The molecule has 0 fully saturated rings. The van der Waals surface area contributed by atoms with Crippen molar-refractivity contribution in [1.29, 1.82) is 0 Å². The van der Waals surface area contributed by atoms with Crippen LogP contribution in [0.5, 0.6) is 0 Å². The number of hydrogen-bond acceptors (Lipinski definition) is 6. The van der Waals surface area contributed by atoms with Crippen LogP contribution in [-0.2, 0) is 28.7 Å². The van der Waals surface area contributed by atoms with Gasteiger partial charge in [-0.25, -0.2) is 0 Å². The van der Waals surface area contributed by atoms with Gasteiger partial charge in [0.15, 0.2) is 0 Å². The summed E-state index contributed by atoms with van der Waals surface area (Å²) < 4.78 is 10.5. The summed E-state index contributed by atoms with van der Waals surface area (Å²) in [6.45, 7) is 5.98. The summed E-state index contributed by atoms with van der Waals surface area (Å²) in [4.78, 5) is 51.9. The molecular weight excluding hydrogens is 420 g/mol. The van der Waals surface area contributed by atoms with Gasteiger partial charge in [0.05, 0.1) is 13.2 Å². The number of ketones is 2. The molecule has 3 rings (SSSR count). The van der Waals surface area contributed by atoms with Crippen LogP contribution in [0.25, 0.3) is 21.5 Å². The van der Waals surface area contributed by atoms with E-state index < -0.39 is 41.3 Å². The van der Waals surface area contributed by atoms with E-state index >= 15 is 0 Å². The molecule has 2 atom stereocenters. The Kier molecular flexibility index (Phi) is 7.59. The van der Waals surface area contributed by atoms with Crippen molar-refractivity contribution in [3.63, 3.8) is 0 Å².